The van der Waals surface area contributed by atoms with E-state index in [0.717, 1.165) is 15.3 Å². The van der Waals surface area contributed by atoms with E-state index in [9.17, 15) is 9.59 Å². The number of nitrogens with one attached hydrogen (secondary N) is 1. The van der Waals surface area contributed by atoms with Gasteiger partial charge in [-0.05, 0) is 31.2 Å². The van der Waals surface area contributed by atoms with Gasteiger partial charge in [0.1, 0.15) is 23.7 Å². The predicted molar refractivity (Wildman–Crippen MR) is 125 cm³/mol. The Bertz CT molecular complexity index is 1370. The second-order valence-corrected chi connectivity index (χ2v) is 8.48. The molecule has 1 amide bonds. The number of methoxy groups -OCH3 is 2. The molecule has 0 unspecified atom stereocenters. The van der Waals surface area contributed by atoms with E-state index in [1.807, 2.05) is 19.1 Å². The first kappa shape index (κ1) is 21.8. The van der Waals surface area contributed by atoms with E-state index in [2.05, 4.69) is 15.4 Å². The molecule has 0 aliphatic rings. The fourth-order valence-corrected chi connectivity index (χ4v) is 4.25. The first-order chi connectivity index (χ1) is 15.4. The van der Waals surface area contributed by atoms with Crippen molar-refractivity contribution in [2.24, 2.45) is 0 Å². The Morgan fingerprint density at radius 3 is 2.59 bits per heavy atom. The van der Waals surface area contributed by atoms with Gasteiger partial charge in [-0.2, -0.15) is 5.10 Å². The van der Waals surface area contributed by atoms with Crippen LogP contribution < -0.4 is 20.3 Å². The van der Waals surface area contributed by atoms with Crippen LogP contribution in [0.4, 0.5) is 5.69 Å². The number of amides is 1. The summed E-state index contributed by atoms with van der Waals surface area (Å²) in [6.45, 7) is 1.52. The van der Waals surface area contributed by atoms with Crippen LogP contribution in [0.3, 0.4) is 0 Å². The van der Waals surface area contributed by atoms with E-state index in [1.165, 1.54) is 25.6 Å². The van der Waals surface area contributed by atoms with E-state index in [0.29, 0.717) is 32.6 Å². The average molecular weight is 471 g/mol. The van der Waals surface area contributed by atoms with Gasteiger partial charge in [-0.15, -0.1) is 11.3 Å². The maximum atomic E-state index is 13.0. The van der Waals surface area contributed by atoms with Gasteiger partial charge in [0.25, 0.3) is 5.56 Å². The number of carbonyl (C=O) groups excluding carboxylic acids is 1. The lowest BCUT2D eigenvalue weighted by Crippen LogP contribution is -2.30. The summed E-state index contributed by atoms with van der Waals surface area (Å²) in [5, 5.41) is 8.56. The average Bonchev–Trinajstić information content (AvgIpc) is 3.18. The lowest BCUT2D eigenvalue weighted by molar-refractivity contribution is -0.117. The van der Waals surface area contributed by atoms with E-state index in [1.54, 1.807) is 30.3 Å². The van der Waals surface area contributed by atoms with Crippen LogP contribution in [0.25, 0.3) is 21.5 Å². The summed E-state index contributed by atoms with van der Waals surface area (Å²) in [5.41, 5.74) is 1.60. The highest BCUT2D eigenvalue weighted by Gasteiger charge is 2.18. The largest absolute Gasteiger partial charge is 0.497 e. The van der Waals surface area contributed by atoms with E-state index in [4.69, 9.17) is 21.1 Å². The summed E-state index contributed by atoms with van der Waals surface area (Å²) in [4.78, 5) is 30.2. The number of benzene rings is 2. The lowest BCUT2D eigenvalue weighted by atomic mass is 10.1. The Hall–Kier alpha value is -3.43. The number of aromatic nitrogens is 3. The summed E-state index contributed by atoms with van der Waals surface area (Å²) in [6.07, 6.45) is 0. The minimum Gasteiger partial charge on any atom is -0.497 e. The number of rotatable bonds is 6. The van der Waals surface area contributed by atoms with Crippen molar-refractivity contribution >= 4 is 44.7 Å². The number of hydrogen-bond acceptors (Lipinski definition) is 7. The number of anilines is 1. The fourth-order valence-electron chi connectivity index (χ4n) is 3.21. The Morgan fingerprint density at radius 1 is 1.16 bits per heavy atom. The maximum Gasteiger partial charge on any atom is 0.294 e. The molecule has 2 heterocycles. The van der Waals surface area contributed by atoms with Crippen molar-refractivity contribution < 1.29 is 14.3 Å². The third-order valence-electron chi connectivity index (χ3n) is 4.70. The van der Waals surface area contributed by atoms with Gasteiger partial charge in [0, 0.05) is 16.7 Å². The molecule has 2 aromatic carbocycles. The van der Waals surface area contributed by atoms with Crippen LogP contribution in [0.5, 0.6) is 11.5 Å². The number of thiazole rings is 1. The van der Waals surface area contributed by atoms with Crippen LogP contribution >= 0.6 is 22.9 Å². The highest BCUT2D eigenvalue weighted by atomic mass is 35.5. The first-order valence-electron chi connectivity index (χ1n) is 9.55. The molecule has 4 aromatic rings. The number of carbonyl (C=O) groups is 1. The van der Waals surface area contributed by atoms with Gasteiger partial charge in [0.2, 0.25) is 5.91 Å². The van der Waals surface area contributed by atoms with Crippen LogP contribution in [0.2, 0.25) is 5.02 Å². The Morgan fingerprint density at radius 2 is 1.91 bits per heavy atom. The van der Waals surface area contributed by atoms with Gasteiger partial charge >= 0.3 is 0 Å². The number of nitrogens with zero attached hydrogens (tertiary/aromatic N) is 3. The summed E-state index contributed by atoms with van der Waals surface area (Å²) >= 11 is 7.39. The van der Waals surface area contributed by atoms with Crippen molar-refractivity contribution in [1.82, 2.24) is 14.8 Å². The molecule has 0 saturated heterocycles. The Kier molecular flexibility index (Phi) is 6.11. The number of fused-ring (bicyclic) bond motifs is 1. The zero-order valence-electron chi connectivity index (χ0n) is 17.5. The minimum atomic E-state index is -0.445. The van der Waals surface area contributed by atoms with Gasteiger partial charge in [0.15, 0.2) is 5.52 Å². The highest BCUT2D eigenvalue weighted by Crippen LogP contribution is 2.31. The summed E-state index contributed by atoms with van der Waals surface area (Å²) in [5.74, 6) is 0.576. The molecule has 32 heavy (non-hydrogen) atoms. The van der Waals surface area contributed by atoms with Gasteiger partial charge in [-0.1, -0.05) is 23.7 Å². The molecule has 0 spiro atoms. The number of ether oxygens (including phenoxy) is 2. The molecule has 0 atom stereocenters. The fraction of sp³-hybridized carbons (Fsp3) is 0.182. The lowest BCUT2D eigenvalue weighted by Gasteiger charge is -2.13. The molecule has 164 valence electrons. The molecule has 0 bridgehead atoms. The molecular formula is C22H19ClN4O4S. The maximum absolute atomic E-state index is 13.0. The van der Waals surface area contributed by atoms with Crippen molar-refractivity contribution in [3.05, 3.63) is 62.8 Å². The molecule has 8 nitrogen and oxygen atoms in total. The molecule has 0 saturated carbocycles. The molecule has 2 aromatic heterocycles. The quantitative estimate of drug-likeness (QED) is 0.455. The van der Waals surface area contributed by atoms with Crippen molar-refractivity contribution in [2.75, 3.05) is 19.5 Å². The normalized spacial score (nSPS) is 10.9. The molecule has 1 N–H and O–H groups in total. The minimum absolute atomic E-state index is 0.277. The molecule has 4 rings (SSSR count). The van der Waals surface area contributed by atoms with Gasteiger partial charge < -0.3 is 14.8 Å². The first-order valence-corrected chi connectivity index (χ1v) is 10.7. The van der Waals surface area contributed by atoms with Crippen molar-refractivity contribution in [2.45, 2.75) is 13.5 Å². The smallest absolute Gasteiger partial charge is 0.294 e. The standard InChI is InChI=1S/C22H19ClN4O4S/c1-12-24-20-21(32-12)19(13-4-6-14(23)7-5-13)26-27(22(20)29)11-18(28)25-16-10-15(30-2)8-9-17(16)31-3/h4-10H,11H2,1-3H3,(H,25,28). The van der Waals surface area contributed by atoms with Gasteiger partial charge in [-0.25, -0.2) is 9.67 Å². The summed E-state index contributed by atoms with van der Waals surface area (Å²) in [7, 11) is 3.03. The van der Waals surface area contributed by atoms with Crippen LogP contribution in [-0.2, 0) is 11.3 Å². The number of hydrogen-bond donors (Lipinski definition) is 1. The molecule has 0 aliphatic carbocycles. The Balaban J connectivity index is 1.72. The highest BCUT2D eigenvalue weighted by molar-refractivity contribution is 7.19. The zero-order chi connectivity index (χ0) is 22.8. The van der Waals surface area contributed by atoms with E-state index < -0.39 is 11.5 Å². The van der Waals surface area contributed by atoms with Crippen LogP contribution in [0, 0.1) is 6.92 Å². The molecule has 10 heteroatoms. The number of halogens is 1. The summed E-state index contributed by atoms with van der Waals surface area (Å²) < 4.78 is 12.3. The van der Waals surface area contributed by atoms with Crippen molar-refractivity contribution in [3.8, 4) is 22.8 Å². The number of aryl methyl sites for hydroxylation is 1. The third kappa shape index (κ3) is 4.30. The summed E-state index contributed by atoms with van der Waals surface area (Å²) in [6, 6.07) is 12.2. The second-order valence-electron chi connectivity index (χ2n) is 6.84. The molecule has 0 radical (unpaired) electrons. The molecule has 0 fully saturated rings. The van der Waals surface area contributed by atoms with Crippen LogP contribution in [-0.4, -0.2) is 34.9 Å². The van der Waals surface area contributed by atoms with Gasteiger partial charge in [0.05, 0.1) is 29.6 Å². The van der Waals surface area contributed by atoms with E-state index >= 15 is 0 Å². The second kappa shape index (κ2) is 8.97. The third-order valence-corrected chi connectivity index (χ3v) is 5.93. The Labute approximate surface area is 192 Å². The predicted octanol–water partition coefficient (Wildman–Crippen LogP) is 4.14. The van der Waals surface area contributed by atoms with Crippen molar-refractivity contribution in [1.29, 1.82) is 0 Å². The topological polar surface area (TPSA) is 95.3 Å². The zero-order valence-corrected chi connectivity index (χ0v) is 19.1. The van der Waals surface area contributed by atoms with Crippen molar-refractivity contribution in [3.63, 3.8) is 0 Å². The molecular weight excluding hydrogens is 452 g/mol. The SMILES string of the molecule is COc1ccc(OC)c(NC(=O)Cn2nc(-c3ccc(Cl)cc3)c3sc(C)nc3c2=O)c1. The molecule has 0 aliphatic heterocycles. The van der Waals surface area contributed by atoms with Crippen LogP contribution in [0.1, 0.15) is 5.01 Å². The monoisotopic (exact) mass is 470 g/mol. The van der Waals surface area contributed by atoms with E-state index in [-0.39, 0.29) is 12.1 Å². The van der Waals surface area contributed by atoms with Crippen LogP contribution in [0.15, 0.2) is 47.3 Å². The van der Waals surface area contributed by atoms with Gasteiger partial charge in [-0.3, -0.25) is 9.59 Å².